The SMILES string of the molecule is CCCNCc1cccc(S(=O)(=O)Nc2ccccc2)c1. The topological polar surface area (TPSA) is 58.2 Å². The van der Waals surface area contributed by atoms with Crippen molar-refractivity contribution in [3.05, 3.63) is 60.2 Å². The van der Waals surface area contributed by atoms with E-state index in [2.05, 4.69) is 17.0 Å². The minimum atomic E-state index is -3.54. The minimum absolute atomic E-state index is 0.280. The number of sulfonamides is 1. The van der Waals surface area contributed by atoms with Crippen molar-refractivity contribution in [3.8, 4) is 0 Å². The van der Waals surface area contributed by atoms with Crippen LogP contribution >= 0.6 is 0 Å². The lowest BCUT2D eigenvalue weighted by Crippen LogP contribution is -2.16. The third-order valence-corrected chi connectivity index (χ3v) is 4.37. The van der Waals surface area contributed by atoms with E-state index in [0.717, 1.165) is 18.5 Å². The molecule has 0 spiro atoms. The van der Waals surface area contributed by atoms with Gasteiger partial charge in [-0.3, -0.25) is 4.72 Å². The average molecular weight is 304 g/mol. The fourth-order valence-corrected chi connectivity index (χ4v) is 3.08. The van der Waals surface area contributed by atoms with Crippen molar-refractivity contribution in [2.24, 2.45) is 0 Å². The lowest BCUT2D eigenvalue weighted by Gasteiger charge is -2.10. The van der Waals surface area contributed by atoms with Crippen LogP contribution in [0.15, 0.2) is 59.5 Å². The second-order valence-electron chi connectivity index (χ2n) is 4.80. The highest BCUT2D eigenvalue weighted by atomic mass is 32.2. The van der Waals surface area contributed by atoms with Crippen LogP contribution in [0.3, 0.4) is 0 Å². The fourth-order valence-electron chi connectivity index (χ4n) is 1.95. The van der Waals surface area contributed by atoms with E-state index in [-0.39, 0.29) is 4.90 Å². The Balaban J connectivity index is 2.14. The summed E-state index contributed by atoms with van der Waals surface area (Å²) in [7, 11) is -3.54. The molecular formula is C16H20N2O2S. The van der Waals surface area contributed by atoms with Gasteiger partial charge in [-0.05, 0) is 42.8 Å². The van der Waals surface area contributed by atoms with Crippen LogP contribution in [0.5, 0.6) is 0 Å². The van der Waals surface area contributed by atoms with Gasteiger partial charge in [0.2, 0.25) is 0 Å². The second kappa shape index (κ2) is 7.24. The summed E-state index contributed by atoms with van der Waals surface area (Å²) in [5, 5.41) is 3.26. The van der Waals surface area contributed by atoms with Crippen molar-refractivity contribution < 1.29 is 8.42 Å². The van der Waals surface area contributed by atoms with Gasteiger partial charge < -0.3 is 5.32 Å². The quantitative estimate of drug-likeness (QED) is 0.773. The number of hydrogen-bond acceptors (Lipinski definition) is 3. The first-order valence-corrected chi connectivity index (χ1v) is 8.47. The summed E-state index contributed by atoms with van der Waals surface area (Å²) in [6, 6.07) is 15.9. The van der Waals surface area contributed by atoms with Crippen molar-refractivity contribution in [1.29, 1.82) is 0 Å². The predicted molar refractivity (Wildman–Crippen MR) is 85.7 cm³/mol. The molecule has 0 fully saturated rings. The van der Waals surface area contributed by atoms with Gasteiger partial charge in [0, 0.05) is 12.2 Å². The van der Waals surface area contributed by atoms with E-state index in [1.165, 1.54) is 0 Å². The largest absolute Gasteiger partial charge is 0.313 e. The van der Waals surface area contributed by atoms with E-state index in [1.807, 2.05) is 12.1 Å². The molecule has 0 amide bonds. The Kier molecular flexibility index (Phi) is 5.36. The number of anilines is 1. The van der Waals surface area contributed by atoms with Crippen molar-refractivity contribution in [2.75, 3.05) is 11.3 Å². The van der Waals surface area contributed by atoms with Gasteiger partial charge >= 0.3 is 0 Å². The molecule has 0 radical (unpaired) electrons. The summed E-state index contributed by atoms with van der Waals surface area (Å²) >= 11 is 0. The Bertz CT molecular complexity index is 670. The molecular weight excluding hydrogens is 284 g/mol. The molecule has 0 saturated heterocycles. The lowest BCUT2D eigenvalue weighted by atomic mass is 10.2. The summed E-state index contributed by atoms with van der Waals surface area (Å²) < 4.78 is 27.3. The molecule has 0 aliphatic carbocycles. The number of benzene rings is 2. The minimum Gasteiger partial charge on any atom is -0.313 e. The summed E-state index contributed by atoms with van der Waals surface area (Å²) in [5.41, 5.74) is 1.52. The normalized spacial score (nSPS) is 11.3. The Morgan fingerprint density at radius 1 is 1.00 bits per heavy atom. The zero-order valence-electron chi connectivity index (χ0n) is 12.0. The molecule has 2 rings (SSSR count). The Hall–Kier alpha value is -1.85. The van der Waals surface area contributed by atoms with Gasteiger partial charge in [0.1, 0.15) is 0 Å². The number of hydrogen-bond donors (Lipinski definition) is 2. The van der Waals surface area contributed by atoms with Crippen LogP contribution in [0, 0.1) is 0 Å². The summed E-state index contributed by atoms with van der Waals surface area (Å²) in [4.78, 5) is 0.280. The van der Waals surface area contributed by atoms with E-state index in [1.54, 1.807) is 42.5 Å². The Morgan fingerprint density at radius 2 is 1.76 bits per heavy atom. The molecule has 2 aromatic rings. The van der Waals surface area contributed by atoms with Crippen molar-refractivity contribution >= 4 is 15.7 Å². The second-order valence-corrected chi connectivity index (χ2v) is 6.48. The monoisotopic (exact) mass is 304 g/mol. The zero-order valence-corrected chi connectivity index (χ0v) is 12.9. The highest BCUT2D eigenvalue weighted by Gasteiger charge is 2.14. The smallest absolute Gasteiger partial charge is 0.261 e. The number of rotatable bonds is 7. The first-order chi connectivity index (χ1) is 10.1. The van der Waals surface area contributed by atoms with Gasteiger partial charge in [-0.15, -0.1) is 0 Å². The number of nitrogens with one attached hydrogen (secondary N) is 2. The fraction of sp³-hybridized carbons (Fsp3) is 0.250. The Labute approximate surface area is 126 Å². The molecule has 5 heteroatoms. The van der Waals surface area contributed by atoms with Gasteiger partial charge in [0.25, 0.3) is 10.0 Å². The third-order valence-electron chi connectivity index (χ3n) is 2.99. The van der Waals surface area contributed by atoms with Gasteiger partial charge in [-0.2, -0.15) is 0 Å². The molecule has 2 aromatic carbocycles. The lowest BCUT2D eigenvalue weighted by molar-refractivity contribution is 0.600. The maximum atomic E-state index is 12.4. The van der Waals surface area contributed by atoms with Crippen molar-refractivity contribution in [3.63, 3.8) is 0 Å². The summed E-state index contributed by atoms with van der Waals surface area (Å²) in [6.45, 7) is 3.68. The van der Waals surface area contributed by atoms with E-state index >= 15 is 0 Å². The van der Waals surface area contributed by atoms with Crippen LogP contribution < -0.4 is 10.0 Å². The maximum absolute atomic E-state index is 12.4. The molecule has 0 unspecified atom stereocenters. The van der Waals surface area contributed by atoms with Gasteiger partial charge in [0.05, 0.1) is 4.90 Å². The summed E-state index contributed by atoms with van der Waals surface area (Å²) in [5.74, 6) is 0. The van der Waals surface area contributed by atoms with E-state index in [4.69, 9.17) is 0 Å². The molecule has 0 aromatic heterocycles. The van der Waals surface area contributed by atoms with Crippen LogP contribution in [0.4, 0.5) is 5.69 Å². The first kappa shape index (κ1) is 15.5. The highest BCUT2D eigenvalue weighted by Crippen LogP contribution is 2.16. The van der Waals surface area contributed by atoms with Crippen LogP contribution in [-0.4, -0.2) is 15.0 Å². The molecule has 0 saturated carbocycles. The molecule has 0 aliphatic rings. The molecule has 21 heavy (non-hydrogen) atoms. The van der Waals surface area contributed by atoms with E-state index in [9.17, 15) is 8.42 Å². The maximum Gasteiger partial charge on any atom is 0.261 e. The van der Waals surface area contributed by atoms with Crippen LogP contribution in [0.25, 0.3) is 0 Å². The Morgan fingerprint density at radius 3 is 2.48 bits per heavy atom. The van der Waals surface area contributed by atoms with Crippen LogP contribution in [0.1, 0.15) is 18.9 Å². The third kappa shape index (κ3) is 4.58. The average Bonchev–Trinajstić information content (AvgIpc) is 2.48. The molecule has 2 N–H and O–H groups in total. The molecule has 112 valence electrons. The molecule has 0 heterocycles. The summed E-state index contributed by atoms with van der Waals surface area (Å²) in [6.07, 6.45) is 1.05. The first-order valence-electron chi connectivity index (χ1n) is 6.99. The van der Waals surface area contributed by atoms with E-state index < -0.39 is 10.0 Å². The molecule has 0 aliphatic heterocycles. The zero-order chi connectivity index (χ0) is 15.1. The van der Waals surface area contributed by atoms with Crippen LogP contribution in [-0.2, 0) is 16.6 Å². The highest BCUT2D eigenvalue weighted by molar-refractivity contribution is 7.92. The van der Waals surface area contributed by atoms with Gasteiger partial charge in [-0.1, -0.05) is 37.3 Å². The van der Waals surface area contributed by atoms with Crippen molar-refractivity contribution in [2.45, 2.75) is 24.8 Å². The number of para-hydroxylation sites is 1. The standard InChI is InChI=1S/C16H20N2O2S/c1-2-11-17-13-14-7-6-10-16(12-14)21(19,20)18-15-8-4-3-5-9-15/h3-10,12,17-18H,2,11,13H2,1H3. The van der Waals surface area contributed by atoms with Gasteiger partial charge in [-0.25, -0.2) is 8.42 Å². The molecule has 4 nitrogen and oxygen atoms in total. The predicted octanol–water partition coefficient (Wildman–Crippen LogP) is 2.99. The molecule has 0 atom stereocenters. The molecule has 0 bridgehead atoms. The van der Waals surface area contributed by atoms with E-state index in [0.29, 0.717) is 12.2 Å². The van der Waals surface area contributed by atoms with Crippen molar-refractivity contribution in [1.82, 2.24) is 5.32 Å². The van der Waals surface area contributed by atoms with Gasteiger partial charge in [0.15, 0.2) is 0 Å². The van der Waals surface area contributed by atoms with Crippen LogP contribution in [0.2, 0.25) is 0 Å².